The Morgan fingerprint density at radius 1 is 1.30 bits per heavy atom. The number of rotatable bonds is 6. The van der Waals surface area contributed by atoms with Crippen molar-refractivity contribution in [3.8, 4) is 5.75 Å². The lowest BCUT2D eigenvalue weighted by molar-refractivity contribution is -0.125. The van der Waals surface area contributed by atoms with Crippen LogP contribution in [0.4, 0.5) is 0 Å². The van der Waals surface area contributed by atoms with Gasteiger partial charge in [0.05, 0.1) is 7.11 Å². The van der Waals surface area contributed by atoms with Crippen molar-refractivity contribution in [2.75, 3.05) is 20.8 Å². The van der Waals surface area contributed by atoms with Crippen LogP contribution in [-0.4, -0.2) is 26.7 Å². The van der Waals surface area contributed by atoms with E-state index in [-0.39, 0.29) is 17.9 Å². The van der Waals surface area contributed by atoms with Gasteiger partial charge in [-0.15, -0.1) is 0 Å². The molecule has 0 spiro atoms. The van der Waals surface area contributed by atoms with Crippen LogP contribution in [0.1, 0.15) is 37.4 Å². The molecule has 20 heavy (non-hydrogen) atoms. The fraction of sp³-hybridized carbons (Fsp3) is 0.562. The fourth-order valence-corrected chi connectivity index (χ4v) is 2.78. The van der Waals surface area contributed by atoms with Gasteiger partial charge in [0.1, 0.15) is 11.9 Å². The second-order valence-electron chi connectivity index (χ2n) is 5.19. The van der Waals surface area contributed by atoms with E-state index in [1.54, 1.807) is 14.2 Å². The van der Waals surface area contributed by atoms with Crippen LogP contribution in [0.2, 0.25) is 0 Å². The summed E-state index contributed by atoms with van der Waals surface area (Å²) in [5.74, 6) is 1.12. The van der Waals surface area contributed by atoms with Crippen LogP contribution in [0.15, 0.2) is 24.3 Å². The Kier molecular flexibility index (Phi) is 5.41. The highest BCUT2D eigenvalue weighted by Crippen LogP contribution is 2.27. The van der Waals surface area contributed by atoms with Crippen LogP contribution >= 0.6 is 0 Å². The van der Waals surface area contributed by atoms with Gasteiger partial charge >= 0.3 is 0 Å². The Labute approximate surface area is 120 Å². The molecule has 0 unspecified atom stereocenters. The van der Waals surface area contributed by atoms with Crippen LogP contribution < -0.4 is 10.1 Å². The minimum Gasteiger partial charge on any atom is -0.496 e. The zero-order valence-electron chi connectivity index (χ0n) is 12.2. The zero-order valence-corrected chi connectivity index (χ0v) is 12.2. The smallest absolute Gasteiger partial charge is 0.223 e. The first-order valence-electron chi connectivity index (χ1n) is 7.19. The van der Waals surface area contributed by atoms with E-state index in [1.165, 1.54) is 0 Å². The van der Waals surface area contributed by atoms with E-state index < -0.39 is 0 Å². The van der Waals surface area contributed by atoms with Crippen molar-refractivity contribution >= 4 is 5.91 Å². The molecule has 1 N–H and O–H groups in total. The van der Waals surface area contributed by atoms with Crippen molar-refractivity contribution in [3.05, 3.63) is 29.8 Å². The molecule has 110 valence electrons. The maximum absolute atomic E-state index is 12.1. The van der Waals surface area contributed by atoms with Crippen LogP contribution in [-0.2, 0) is 9.53 Å². The number of nitrogens with one attached hydrogen (secondary N) is 1. The summed E-state index contributed by atoms with van der Waals surface area (Å²) in [6.45, 7) is 0.478. The van der Waals surface area contributed by atoms with Gasteiger partial charge < -0.3 is 14.8 Å². The molecule has 1 aromatic carbocycles. The average molecular weight is 277 g/mol. The lowest BCUT2D eigenvalue weighted by atomic mass is 10.1. The maximum atomic E-state index is 12.1. The number of ether oxygens (including phenoxy) is 2. The minimum atomic E-state index is -0.184. The molecular weight excluding hydrogens is 254 g/mol. The molecule has 1 aromatic rings. The van der Waals surface area contributed by atoms with Gasteiger partial charge in [-0.25, -0.2) is 0 Å². The third-order valence-corrected chi connectivity index (χ3v) is 3.96. The Morgan fingerprint density at radius 2 is 2.00 bits per heavy atom. The predicted molar refractivity (Wildman–Crippen MR) is 77.7 cm³/mol. The number of hydrogen-bond acceptors (Lipinski definition) is 3. The fourth-order valence-electron chi connectivity index (χ4n) is 2.78. The van der Waals surface area contributed by atoms with Crippen molar-refractivity contribution in [3.63, 3.8) is 0 Å². The number of hydrogen-bond donors (Lipinski definition) is 1. The highest BCUT2D eigenvalue weighted by Gasteiger charge is 2.24. The summed E-state index contributed by atoms with van der Waals surface area (Å²) < 4.78 is 10.8. The molecule has 1 fully saturated rings. The highest BCUT2D eigenvalue weighted by molar-refractivity contribution is 5.78. The lowest BCUT2D eigenvalue weighted by Crippen LogP contribution is -2.33. The van der Waals surface area contributed by atoms with E-state index in [0.717, 1.165) is 37.0 Å². The van der Waals surface area contributed by atoms with Gasteiger partial charge in [0, 0.05) is 25.1 Å². The van der Waals surface area contributed by atoms with Gasteiger partial charge in [-0.1, -0.05) is 31.0 Å². The Bertz CT molecular complexity index is 441. The quantitative estimate of drug-likeness (QED) is 0.869. The molecule has 1 amide bonds. The number of para-hydroxylation sites is 1. The number of methoxy groups -OCH3 is 2. The molecule has 1 aliphatic rings. The molecular formula is C16H23NO3. The van der Waals surface area contributed by atoms with E-state index >= 15 is 0 Å². The minimum absolute atomic E-state index is 0.152. The number of carbonyl (C=O) groups excluding carboxylic acids is 1. The van der Waals surface area contributed by atoms with Gasteiger partial charge in [0.25, 0.3) is 0 Å². The molecule has 1 aliphatic carbocycles. The van der Waals surface area contributed by atoms with Crippen molar-refractivity contribution in [2.24, 2.45) is 5.92 Å². The molecule has 0 radical (unpaired) electrons. The Balaban J connectivity index is 1.96. The van der Waals surface area contributed by atoms with Crippen molar-refractivity contribution in [2.45, 2.75) is 31.8 Å². The van der Waals surface area contributed by atoms with Crippen molar-refractivity contribution in [1.82, 2.24) is 5.32 Å². The summed E-state index contributed by atoms with van der Waals surface area (Å²) >= 11 is 0. The van der Waals surface area contributed by atoms with Crippen LogP contribution in [0, 0.1) is 5.92 Å². The second kappa shape index (κ2) is 7.29. The van der Waals surface area contributed by atoms with Crippen LogP contribution in [0.25, 0.3) is 0 Å². The summed E-state index contributed by atoms with van der Waals surface area (Å²) in [5.41, 5.74) is 0.962. The topological polar surface area (TPSA) is 47.6 Å². The first kappa shape index (κ1) is 14.9. The molecule has 1 saturated carbocycles. The molecule has 0 aromatic heterocycles. The van der Waals surface area contributed by atoms with Gasteiger partial charge in [0.2, 0.25) is 5.91 Å². The van der Waals surface area contributed by atoms with E-state index in [9.17, 15) is 4.79 Å². The molecule has 4 nitrogen and oxygen atoms in total. The number of carbonyl (C=O) groups is 1. The summed E-state index contributed by atoms with van der Waals surface area (Å²) in [4.78, 5) is 12.1. The molecule has 0 heterocycles. The lowest BCUT2D eigenvalue weighted by Gasteiger charge is -2.20. The van der Waals surface area contributed by atoms with E-state index in [4.69, 9.17) is 9.47 Å². The summed E-state index contributed by atoms with van der Waals surface area (Å²) in [6.07, 6.45) is 4.17. The Hall–Kier alpha value is -1.55. The number of benzene rings is 1. The second-order valence-corrected chi connectivity index (χ2v) is 5.19. The molecule has 1 atom stereocenters. The van der Waals surface area contributed by atoms with Crippen molar-refractivity contribution in [1.29, 1.82) is 0 Å². The molecule has 0 bridgehead atoms. The van der Waals surface area contributed by atoms with E-state index in [2.05, 4.69) is 5.32 Å². The highest BCUT2D eigenvalue weighted by atomic mass is 16.5. The molecule has 2 rings (SSSR count). The molecule has 4 heteroatoms. The summed E-state index contributed by atoms with van der Waals surface area (Å²) in [7, 11) is 3.29. The maximum Gasteiger partial charge on any atom is 0.223 e. The Morgan fingerprint density at radius 3 is 2.65 bits per heavy atom. The monoisotopic (exact) mass is 277 g/mol. The standard InChI is InChI=1S/C16H23NO3/c1-19-14-10-6-5-9-13(14)15(20-2)11-17-16(18)12-7-3-4-8-12/h5-6,9-10,12,15H,3-4,7-8,11H2,1-2H3,(H,17,18)/t15-/m0/s1. The normalized spacial score (nSPS) is 16.9. The first-order chi connectivity index (χ1) is 9.76. The third kappa shape index (κ3) is 3.51. The number of amides is 1. The van der Waals surface area contributed by atoms with Gasteiger partial charge in [-0.3, -0.25) is 4.79 Å². The van der Waals surface area contributed by atoms with Gasteiger partial charge in [-0.2, -0.15) is 0 Å². The van der Waals surface area contributed by atoms with E-state index in [0.29, 0.717) is 6.54 Å². The van der Waals surface area contributed by atoms with Crippen LogP contribution in [0.5, 0.6) is 5.75 Å². The average Bonchev–Trinajstić information content (AvgIpc) is 3.02. The first-order valence-corrected chi connectivity index (χ1v) is 7.19. The molecule has 0 saturated heterocycles. The van der Waals surface area contributed by atoms with E-state index in [1.807, 2.05) is 24.3 Å². The summed E-state index contributed by atoms with van der Waals surface area (Å²) in [5, 5.41) is 3.01. The largest absolute Gasteiger partial charge is 0.496 e. The third-order valence-electron chi connectivity index (χ3n) is 3.96. The van der Waals surface area contributed by atoms with Crippen LogP contribution in [0.3, 0.4) is 0 Å². The summed E-state index contributed by atoms with van der Waals surface area (Å²) in [6, 6.07) is 7.74. The SMILES string of the molecule is COc1ccccc1[C@H](CNC(=O)C1CCCC1)OC. The molecule has 0 aliphatic heterocycles. The van der Waals surface area contributed by atoms with Gasteiger partial charge in [-0.05, 0) is 18.9 Å². The van der Waals surface area contributed by atoms with Gasteiger partial charge in [0.15, 0.2) is 0 Å². The zero-order chi connectivity index (χ0) is 14.4. The van der Waals surface area contributed by atoms with Crippen molar-refractivity contribution < 1.29 is 14.3 Å². The predicted octanol–water partition coefficient (Wildman–Crippen LogP) is 2.69.